The Balaban J connectivity index is 4.21. The topological polar surface area (TPSA) is 71.0 Å². The van der Waals surface area contributed by atoms with Crippen LogP contribution in [-0.4, -0.2) is 29.3 Å². The lowest BCUT2D eigenvalue weighted by Gasteiger charge is -2.30. The van der Waals surface area contributed by atoms with Gasteiger partial charge in [0.1, 0.15) is 6.23 Å². The van der Waals surface area contributed by atoms with Gasteiger partial charge in [-0.1, -0.05) is 13.8 Å². The summed E-state index contributed by atoms with van der Waals surface area (Å²) in [5.41, 5.74) is 0. The van der Waals surface area contributed by atoms with Crippen molar-refractivity contribution in [1.29, 1.82) is 10.5 Å². The molecule has 4 nitrogen and oxygen atoms in total. The first-order valence-electron chi connectivity index (χ1n) is 5.33. The van der Waals surface area contributed by atoms with E-state index in [1.165, 1.54) is 0 Å². The van der Waals surface area contributed by atoms with E-state index in [0.29, 0.717) is 25.9 Å². The molecule has 84 valence electrons. The molecule has 15 heavy (non-hydrogen) atoms. The molecule has 0 bridgehead atoms. The number of hydrogen-bond donors (Lipinski definition) is 1. The van der Waals surface area contributed by atoms with Gasteiger partial charge in [-0.15, -0.1) is 0 Å². The van der Waals surface area contributed by atoms with Gasteiger partial charge in [0.15, 0.2) is 0 Å². The molecule has 0 fully saturated rings. The first kappa shape index (κ1) is 13.9. The minimum atomic E-state index is -0.545. The first-order valence-corrected chi connectivity index (χ1v) is 5.33. The molecule has 0 aliphatic rings. The van der Waals surface area contributed by atoms with E-state index in [1.807, 2.05) is 13.8 Å². The Morgan fingerprint density at radius 2 is 1.67 bits per heavy atom. The lowest BCUT2D eigenvalue weighted by Crippen LogP contribution is -2.40. The molecular weight excluding hydrogens is 190 g/mol. The summed E-state index contributed by atoms with van der Waals surface area (Å²) in [6.07, 6.45) is 1.12. The van der Waals surface area contributed by atoms with Gasteiger partial charge < -0.3 is 5.11 Å². The molecule has 0 saturated heterocycles. The molecule has 0 aliphatic carbocycles. The van der Waals surface area contributed by atoms with Crippen LogP contribution < -0.4 is 0 Å². The third-order valence-electron chi connectivity index (χ3n) is 2.55. The van der Waals surface area contributed by atoms with Gasteiger partial charge in [-0.25, -0.2) is 0 Å². The number of aliphatic hydroxyl groups excluding tert-OH is 1. The van der Waals surface area contributed by atoms with Gasteiger partial charge in [0.25, 0.3) is 0 Å². The average Bonchev–Trinajstić information content (AvgIpc) is 2.27. The van der Waals surface area contributed by atoms with Gasteiger partial charge in [-0.2, -0.15) is 10.5 Å². The number of nitriles is 2. The van der Waals surface area contributed by atoms with E-state index in [9.17, 15) is 5.11 Å². The van der Waals surface area contributed by atoms with Crippen LogP contribution in [0.3, 0.4) is 0 Å². The van der Waals surface area contributed by atoms with Gasteiger partial charge in [0.05, 0.1) is 12.1 Å². The van der Waals surface area contributed by atoms with Crippen molar-refractivity contribution in [1.82, 2.24) is 4.90 Å². The van der Waals surface area contributed by atoms with Crippen LogP contribution in [0.5, 0.6) is 0 Å². The Morgan fingerprint density at radius 3 is 2.00 bits per heavy atom. The van der Waals surface area contributed by atoms with E-state index in [0.717, 1.165) is 6.42 Å². The second-order valence-corrected chi connectivity index (χ2v) is 3.65. The van der Waals surface area contributed by atoms with Crippen LogP contribution in [0.2, 0.25) is 0 Å². The maximum absolute atomic E-state index is 9.94. The van der Waals surface area contributed by atoms with Crippen LogP contribution in [0.25, 0.3) is 0 Å². The predicted molar refractivity (Wildman–Crippen MR) is 57.5 cm³/mol. The molecule has 2 atom stereocenters. The zero-order valence-corrected chi connectivity index (χ0v) is 9.48. The minimum Gasteiger partial charge on any atom is -0.378 e. The Labute approximate surface area is 91.7 Å². The van der Waals surface area contributed by atoms with E-state index in [2.05, 4.69) is 12.1 Å². The fourth-order valence-corrected chi connectivity index (χ4v) is 1.33. The van der Waals surface area contributed by atoms with Crippen molar-refractivity contribution in [2.24, 2.45) is 5.92 Å². The quantitative estimate of drug-likeness (QED) is 0.645. The van der Waals surface area contributed by atoms with E-state index >= 15 is 0 Å². The second kappa shape index (κ2) is 8.23. The number of aliphatic hydroxyl groups is 1. The molecule has 0 spiro atoms. The Bertz CT molecular complexity index is 223. The summed E-state index contributed by atoms with van der Waals surface area (Å²) in [4.78, 5) is 1.81. The van der Waals surface area contributed by atoms with Gasteiger partial charge in [0.2, 0.25) is 0 Å². The number of nitrogens with zero attached hydrogens (tertiary/aromatic N) is 3. The molecule has 0 amide bonds. The van der Waals surface area contributed by atoms with Crippen molar-refractivity contribution in [3.63, 3.8) is 0 Å². The van der Waals surface area contributed by atoms with Crippen molar-refractivity contribution < 1.29 is 5.11 Å². The predicted octanol–water partition coefficient (Wildman–Crippen LogP) is 1.48. The third-order valence-corrected chi connectivity index (χ3v) is 2.55. The average molecular weight is 209 g/mol. The van der Waals surface area contributed by atoms with Crippen molar-refractivity contribution in [3.05, 3.63) is 0 Å². The van der Waals surface area contributed by atoms with Crippen molar-refractivity contribution in [2.45, 2.75) is 39.3 Å². The lowest BCUT2D eigenvalue weighted by atomic mass is 10.1. The molecule has 0 radical (unpaired) electrons. The van der Waals surface area contributed by atoms with Gasteiger partial charge in [-0.05, 0) is 12.3 Å². The minimum absolute atomic E-state index is 0.169. The summed E-state index contributed by atoms with van der Waals surface area (Å²) in [7, 11) is 0. The summed E-state index contributed by atoms with van der Waals surface area (Å²) in [6, 6.07) is 4.10. The van der Waals surface area contributed by atoms with Crippen LogP contribution in [0, 0.1) is 28.6 Å². The highest BCUT2D eigenvalue weighted by Crippen LogP contribution is 2.12. The molecule has 0 saturated carbocycles. The van der Waals surface area contributed by atoms with Crippen molar-refractivity contribution >= 4 is 0 Å². The van der Waals surface area contributed by atoms with Crippen LogP contribution >= 0.6 is 0 Å². The zero-order valence-electron chi connectivity index (χ0n) is 9.48. The molecule has 2 unspecified atom stereocenters. The third kappa shape index (κ3) is 5.37. The Kier molecular flexibility index (Phi) is 7.62. The standard InChI is InChI=1S/C11H19N3O/c1-3-10(2)11(15)14(8-4-6-12)9-5-7-13/h10-11,15H,3-5,8-9H2,1-2H3. The first-order chi connectivity index (χ1) is 7.17. The highest BCUT2D eigenvalue weighted by atomic mass is 16.3. The Hall–Kier alpha value is -1.10. The van der Waals surface area contributed by atoms with Crippen LogP contribution in [0.4, 0.5) is 0 Å². The lowest BCUT2D eigenvalue weighted by molar-refractivity contribution is -0.0337. The van der Waals surface area contributed by atoms with Gasteiger partial charge >= 0.3 is 0 Å². The fourth-order valence-electron chi connectivity index (χ4n) is 1.33. The zero-order chi connectivity index (χ0) is 11.7. The fraction of sp³-hybridized carbons (Fsp3) is 0.818. The molecule has 0 rings (SSSR count). The van der Waals surface area contributed by atoms with E-state index in [4.69, 9.17) is 10.5 Å². The molecule has 0 heterocycles. The van der Waals surface area contributed by atoms with Crippen molar-refractivity contribution in [3.8, 4) is 12.1 Å². The highest BCUT2D eigenvalue weighted by molar-refractivity contribution is 4.78. The van der Waals surface area contributed by atoms with Crippen molar-refractivity contribution in [2.75, 3.05) is 13.1 Å². The summed E-state index contributed by atoms with van der Waals surface area (Å²) in [5.74, 6) is 0.169. The normalized spacial score (nSPS) is 14.3. The monoisotopic (exact) mass is 209 g/mol. The van der Waals surface area contributed by atoms with Gasteiger partial charge in [0, 0.05) is 25.9 Å². The molecule has 0 aliphatic heterocycles. The largest absolute Gasteiger partial charge is 0.378 e. The van der Waals surface area contributed by atoms with E-state index in [1.54, 1.807) is 4.90 Å². The maximum Gasteiger partial charge on any atom is 0.110 e. The van der Waals surface area contributed by atoms with Crippen LogP contribution in [-0.2, 0) is 0 Å². The van der Waals surface area contributed by atoms with Crippen LogP contribution in [0.15, 0.2) is 0 Å². The van der Waals surface area contributed by atoms with Crippen LogP contribution in [0.1, 0.15) is 33.1 Å². The Morgan fingerprint density at radius 1 is 1.20 bits per heavy atom. The van der Waals surface area contributed by atoms with E-state index in [-0.39, 0.29) is 5.92 Å². The summed E-state index contributed by atoms with van der Waals surface area (Å²) in [5, 5.41) is 26.9. The molecular formula is C11H19N3O. The molecule has 1 N–H and O–H groups in total. The second-order valence-electron chi connectivity index (χ2n) is 3.65. The molecule has 0 aromatic rings. The van der Waals surface area contributed by atoms with E-state index < -0.39 is 6.23 Å². The molecule has 4 heteroatoms. The SMILES string of the molecule is CCC(C)C(O)N(CCC#N)CCC#N. The molecule has 0 aromatic carbocycles. The highest BCUT2D eigenvalue weighted by Gasteiger charge is 2.19. The number of rotatable bonds is 7. The summed E-state index contributed by atoms with van der Waals surface area (Å²) < 4.78 is 0. The maximum atomic E-state index is 9.94. The summed E-state index contributed by atoms with van der Waals surface area (Å²) in [6.45, 7) is 5.05. The van der Waals surface area contributed by atoms with Gasteiger partial charge in [-0.3, -0.25) is 4.90 Å². The molecule has 0 aromatic heterocycles. The summed E-state index contributed by atoms with van der Waals surface area (Å²) >= 11 is 0. The smallest absolute Gasteiger partial charge is 0.110 e. The number of hydrogen-bond acceptors (Lipinski definition) is 4.